The zero-order valence-electron chi connectivity index (χ0n) is 14.0. The van der Waals surface area contributed by atoms with Gasteiger partial charge in [0.05, 0.1) is 11.7 Å². The standard InChI is InChI=1S/C18H16Cl2F3N3O/c19-11-3-4-12(20)10(8-11)9-26-7-1-2-15(26)18(27)25-24-14-6-5-13(21)16(22)17(14)23/h3-6,8,15,24H,1-2,7,9H2,(H,25,27)/t15-/m1/s1. The van der Waals surface area contributed by atoms with Crippen LogP contribution < -0.4 is 10.9 Å². The highest BCUT2D eigenvalue weighted by molar-refractivity contribution is 6.33. The van der Waals surface area contributed by atoms with E-state index in [1.165, 1.54) is 0 Å². The Kier molecular flexibility index (Phi) is 6.14. The number of halogens is 5. The van der Waals surface area contributed by atoms with Crippen LogP contribution >= 0.6 is 23.2 Å². The number of benzene rings is 2. The van der Waals surface area contributed by atoms with Gasteiger partial charge in [0.15, 0.2) is 17.5 Å². The minimum atomic E-state index is -1.60. The Morgan fingerprint density at radius 2 is 1.93 bits per heavy atom. The number of likely N-dealkylation sites (tertiary alicyclic amines) is 1. The van der Waals surface area contributed by atoms with Crippen molar-refractivity contribution < 1.29 is 18.0 Å². The van der Waals surface area contributed by atoms with Crippen molar-refractivity contribution >= 4 is 34.8 Å². The molecule has 0 aliphatic carbocycles. The van der Waals surface area contributed by atoms with Gasteiger partial charge in [-0.05, 0) is 55.3 Å². The highest BCUT2D eigenvalue weighted by atomic mass is 35.5. The average Bonchev–Trinajstić information content (AvgIpc) is 3.10. The molecule has 0 saturated carbocycles. The molecule has 144 valence electrons. The van der Waals surface area contributed by atoms with Crippen LogP contribution in [0.1, 0.15) is 18.4 Å². The smallest absolute Gasteiger partial charge is 0.255 e. The SMILES string of the molecule is O=C(NNc1ccc(F)c(F)c1F)[C@H]1CCCN1Cc1cc(Cl)ccc1Cl. The molecule has 0 spiro atoms. The van der Waals surface area contributed by atoms with E-state index in [9.17, 15) is 18.0 Å². The monoisotopic (exact) mass is 417 g/mol. The molecule has 4 nitrogen and oxygen atoms in total. The molecule has 3 rings (SSSR count). The predicted molar refractivity (Wildman–Crippen MR) is 98.0 cm³/mol. The molecule has 9 heteroatoms. The fourth-order valence-electron chi connectivity index (χ4n) is 3.03. The lowest BCUT2D eigenvalue weighted by Crippen LogP contribution is -2.45. The first-order chi connectivity index (χ1) is 12.9. The molecule has 2 aromatic rings. The molecule has 0 aromatic heterocycles. The number of hydrazine groups is 1. The van der Waals surface area contributed by atoms with Crippen molar-refractivity contribution in [2.45, 2.75) is 25.4 Å². The third kappa shape index (κ3) is 4.48. The van der Waals surface area contributed by atoms with Crippen molar-refractivity contribution in [2.75, 3.05) is 12.0 Å². The van der Waals surface area contributed by atoms with Crippen molar-refractivity contribution in [3.05, 3.63) is 63.4 Å². The topological polar surface area (TPSA) is 44.4 Å². The number of nitrogens with zero attached hydrogens (tertiary/aromatic N) is 1. The van der Waals surface area contributed by atoms with E-state index >= 15 is 0 Å². The molecule has 0 radical (unpaired) electrons. The van der Waals surface area contributed by atoms with Gasteiger partial charge in [-0.1, -0.05) is 23.2 Å². The summed E-state index contributed by atoms with van der Waals surface area (Å²) in [5.74, 6) is -4.71. The average molecular weight is 418 g/mol. The van der Waals surface area contributed by atoms with E-state index in [-0.39, 0.29) is 5.69 Å². The van der Waals surface area contributed by atoms with Gasteiger partial charge in [0, 0.05) is 16.6 Å². The maximum atomic E-state index is 13.7. The summed E-state index contributed by atoms with van der Waals surface area (Å²) in [5.41, 5.74) is 5.10. The molecular formula is C18H16Cl2F3N3O. The second-order valence-electron chi connectivity index (χ2n) is 6.20. The van der Waals surface area contributed by atoms with Gasteiger partial charge in [0.2, 0.25) is 0 Å². The van der Waals surface area contributed by atoms with E-state index in [1.807, 2.05) is 4.90 Å². The molecule has 0 unspecified atom stereocenters. The Morgan fingerprint density at radius 1 is 1.15 bits per heavy atom. The van der Waals surface area contributed by atoms with Crippen LogP contribution in [0, 0.1) is 17.5 Å². The Labute approximate surface area is 164 Å². The fraction of sp³-hybridized carbons (Fsp3) is 0.278. The van der Waals surface area contributed by atoms with Gasteiger partial charge in [0.1, 0.15) is 0 Å². The molecule has 1 aliphatic rings. The van der Waals surface area contributed by atoms with Gasteiger partial charge >= 0.3 is 0 Å². The zero-order valence-corrected chi connectivity index (χ0v) is 15.5. The summed E-state index contributed by atoms with van der Waals surface area (Å²) >= 11 is 12.2. The minimum absolute atomic E-state index is 0.357. The molecule has 1 atom stereocenters. The lowest BCUT2D eigenvalue weighted by atomic mass is 10.1. The van der Waals surface area contributed by atoms with E-state index in [0.29, 0.717) is 29.6 Å². The summed E-state index contributed by atoms with van der Waals surface area (Å²) in [6.45, 7) is 1.11. The maximum Gasteiger partial charge on any atom is 0.255 e. The Hall–Kier alpha value is -1.96. The maximum absolute atomic E-state index is 13.7. The lowest BCUT2D eigenvalue weighted by molar-refractivity contribution is -0.125. The third-order valence-corrected chi connectivity index (χ3v) is 5.01. The summed E-state index contributed by atoms with van der Waals surface area (Å²) < 4.78 is 39.9. The highest BCUT2D eigenvalue weighted by Gasteiger charge is 2.31. The van der Waals surface area contributed by atoms with Crippen LogP contribution in [0.2, 0.25) is 10.0 Å². The van der Waals surface area contributed by atoms with E-state index < -0.39 is 29.4 Å². The number of carbonyl (C=O) groups excluding carboxylic acids is 1. The predicted octanol–water partition coefficient (Wildman–Crippen LogP) is 4.52. The number of hydrogen-bond donors (Lipinski definition) is 2. The van der Waals surface area contributed by atoms with E-state index in [0.717, 1.165) is 24.1 Å². The number of anilines is 1. The number of nitrogens with one attached hydrogen (secondary N) is 2. The van der Waals surface area contributed by atoms with E-state index in [1.54, 1.807) is 18.2 Å². The molecule has 1 fully saturated rings. The van der Waals surface area contributed by atoms with Crippen molar-refractivity contribution in [1.29, 1.82) is 0 Å². The Balaban J connectivity index is 1.65. The normalized spacial score (nSPS) is 17.1. The van der Waals surface area contributed by atoms with Gasteiger partial charge in [-0.2, -0.15) is 0 Å². The second kappa shape index (κ2) is 8.37. The van der Waals surface area contributed by atoms with Crippen LogP contribution in [-0.2, 0) is 11.3 Å². The lowest BCUT2D eigenvalue weighted by Gasteiger charge is -2.24. The summed E-state index contributed by atoms with van der Waals surface area (Å²) in [6.07, 6.45) is 1.40. The van der Waals surface area contributed by atoms with E-state index in [4.69, 9.17) is 23.2 Å². The fourth-order valence-corrected chi connectivity index (χ4v) is 3.40. The number of amides is 1. The van der Waals surface area contributed by atoms with Crippen molar-refractivity contribution in [2.24, 2.45) is 0 Å². The first-order valence-corrected chi connectivity index (χ1v) is 8.99. The van der Waals surface area contributed by atoms with Gasteiger partial charge < -0.3 is 0 Å². The van der Waals surface area contributed by atoms with Crippen LogP contribution in [0.4, 0.5) is 18.9 Å². The molecule has 2 aromatic carbocycles. The summed E-state index contributed by atoms with van der Waals surface area (Å²) in [4.78, 5) is 14.4. The molecular weight excluding hydrogens is 402 g/mol. The number of carbonyl (C=O) groups is 1. The van der Waals surface area contributed by atoms with Crippen molar-refractivity contribution in [3.63, 3.8) is 0 Å². The number of hydrogen-bond acceptors (Lipinski definition) is 3. The summed E-state index contributed by atoms with van der Waals surface area (Å²) in [5, 5.41) is 1.09. The van der Waals surface area contributed by atoms with Gasteiger partial charge in [-0.3, -0.25) is 20.5 Å². The highest BCUT2D eigenvalue weighted by Crippen LogP contribution is 2.26. The second-order valence-corrected chi connectivity index (χ2v) is 7.05. The first-order valence-electron chi connectivity index (χ1n) is 8.24. The van der Waals surface area contributed by atoms with Gasteiger partial charge in [-0.25, -0.2) is 13.2 Å². The minimum Gasteiger partial charge on any atom is -0.295 e. The zero-order chi connectivity index (χ0) is 19.6. The largest absolute Gasteiger partial charge is 0.295 e. The van der Waals surface area contributed by atoms with Crippen LogP contribution in [0.15, 0.2) is 30.3 Å². The van der Waals surface area contributed by atoms with Crippen LogP contribution in [-0.4, -0.2) is 23.4 Å². The first kappa shape index (κ1) is 19.8. The third-order valence-electron chi connectivity index (χ3n) is 4.40. The van der Waals surface area contributed by atoms with E-state index in [2.05, 4.69) is 10.9 Å². The molecule has 1 amide bonds. The Morgan fingerprint density at radius 3 is 2.70 bits per heavy atom. The van der Waals surface area contributed by atoms with Gasteiger partial charge in [-0.15, -0.1) is 0 Å². The van der Waals surface area contributed by atoms with Crippen molar-refractivity contribution in [3.8, 4) is 0 Å². The van der Waals surface area contributed by atoms with Crippen molar-refractivity contribution in [1.82, 2.24) is 10.3 Å². The summed E-state index contributed by atoms with van der Waals surface area (Å²) in [6, 6.07) is 6.43. The summed E-state index contributed by atoms with van der Waals surface area (Å²) in [7, 11) is 0. The molecule has 0 bridgehead atoms. The van der Waals surface area contributed by atoms with Crippen LogP contribution in [0.25, 0.3) is 0 Å². The molecule has 1 aliphatic heterocycles. The van der Waals surface area contributed by atoms with Gasteiger partial charge in [0.25, 0.3) is 5.91 Å². The van der Waals surface area contributed by atoms with Crippen LogP contribution in [0.3, 0.4) is 0 Å². The number of rotatable bonds is 5. The quantitative estimate of drug-likeness (QED) is 0.555. The molecule has 2 N–H and O–H groups in total. The molecule has 27 heavy (non-hydrogen) atoms. The molecule has 1 heterocycles. The molecule has 1 saturated heterocycles. The van der Waals surface area contributed by atoms with Crippen LogP contribution in [0.5, 0.6) is 0 Å². The Bertz CT molecular complexity index is 866.